The van der Waals surface area contributed by atoms with E-state index in [1.54, 1.807) is 0 Å². The Hall–Kier alpha value is -2.90. The smallest absolute Gasteiger partial charge is 0.262 e. The molecule has 7 nitrogen and oxygen atoms in total. The molecule has 2 heterocycles. The third-order valence-electron chi connectivity index (χ3n) is 4.49. The van der Waals surface area contributed by atoms with E-state index < -0.39 is 23.5 Å². The maximum Gasteiger partial charge on any atom is 0.262 e. The highest BCUT2D eigenvalue weighted by Gasteiger charge is 2.42. The van der Waals surface area contributed by atoms with Crippen molar-refractivity contribution in [2.24, 2.45) is 0 Å². The molecule has 0 aromatic heterocycles. The molecule has 3 aliphatic rings. The maximum atomic E-state index is 14.6. The lowest BCUT2D eigenvalue weighted by Crippen LogP contribution is -2.34. The average molecular weight is 331 g/mol. The second-order valence-corrected chi connectivity index (χ2v) is 5.94. The van der Waals surface area contributed by atoms with Crippen LogP contribution in [-0.4, -0.2) is 24.3 Å². The Bertz CT molecular complexity index is 818. The zero-order valence-electron chi connectivity index (χ0n) is 12.6. The summed E-state index contributed by atoms with van der Waals surface area (Å²) in [5.74, 6) is -2.29. The minimum absolute atomic E-state index is 0.0742. The normalized spacial score (nSPS) is 19.9. The summed E-state index contributed by atoms with van der Waals surface area (Å²) in [7, 11) is 0. The summed E-state index contributed by atoms with van der Waals surface area (Å²) in [5.41, 5.74) is 6.38. The molecule has 24 heavy (non-hydrogen) atoms. The summed E-state index contributed by atoms with van der Waals surface area (Å²) < 4.78 is 19.7. The van der Waals surface area contributed by atoms with Crippen molar-refractivity contribution in [1.29, 1.82) is 0 Å². The second kappa shape index (κ2) is 5.05. The Morgan fingerprint density at radius 1 is 1.12 bits per heavy atom. The molecule has 3 amide bonds. The van der Waals surface area contributed by atoms with E-state index >= 15 is 0 Å². The van der Waals surface area contributed by atoms with Gasteiger partial charge in [-0.25, -0.2) is 9.29 Å². The second-order valence-electron chi connectivity index (χ2n) is 5.94. The van der Waals surface area contributed by atoms with Crippen LogP contribution in [0, 0.1) is 5.82 Å². The average Bonchev–Trinajstić information content (AvgIpc) is 2.81. The van der Waals surface area contributed by atoms with Gasteiger partial charge in [0, 0.05) is 17.2 Å². The number of ether oxygens (including phenoxy) is 1. The zero-order chi connectivity index (χ0) is 17.0. The van der Waals surface area contributed by atoms with Crippen molar-refractivity contribution in [2.45, 2.75) is 25.7 Å². The van der Waals surface area contributed by atoms with Gasteiger partial charge in [-0.05, 0) is 25.7 Å². The number of halogens is 1. The van der Waals surface area contributed by atoms with Gasteiger partial charge in [0.15, 0.2) is 12.4 Å². The van der Waals surface area contributed by atoms with Crippen molar-refractivity contribution in [1.82, 2.24) is 0 Å². The quantitative estimate of drug-likeness (QED) is 0.599. The molecule has 4 rings (SSSR count). The molecule has 1 aliphatic carbocycles. The third kappa shape index (κ3) is 1.92. The molecule has 0 unspecified atom stereocenters. The number of nitrogen functional groups attached to an aromatic ring is 1. The van der Waals surface area contributed by atoms with Crippen molar-refractivity contribution >= 4 is 34.8 Å². The number of nitrogens with two attached hydrogens (primary N) is 1. The number of nitrogens with zero attached hydrogens (tertiary/aromatic N) is 1. The highest BCUT2D eigenvalue weighted by molar-refractivity contribution is 6.34. The van der Waals surface area contributed by atoms with Gasteiger partial charge < -0.3 is 15.8 Å². The Kier molecular flexibility index (Phi) is 3.09. The lowest BCUT2D eigenvalue weighted by molar-refractivity contribution is -0.121. The monoisotopic (exact) mass is 331 g/mol. The van der Waals surface area contributed by atoms with Crippen molar-refractivity contribution in [2.75, 3.05) is 22.6 Å². The Balaban J connectivity index is 1.83. The molecule has 0 bridgehead atoms. The van der Waals surface area contributed by atoms with Gasteiger partial charge in [0.05, 0.1) is 5.69 Å². The van der Waals surface area contributed by atoms with Crippen LogP contribution in [0.2, 0.25) is 0 Å². The SMILES string of the molecule is Nc1c2c(cc(F)c1N1C(=O)C3=C(CCCC3)C1=O)OCC(=O)N2. The fourth-order valence-electron chi connectivity index (χ4n) is 3.37. The molecule has 8 heteroatoms. The van der Waals surface area contributed by atoms with E-state index in [0.29, 0.717) is 24.0 Å². The first kappa shape index (κ1) is 14.7. The molecule has 124 valence electrons. The molecular formula is C16H14FN3O4. The number of hydrogen-bond acceptors (Lipinski definition) is 5. The van der Waals surface area contributed by atoms with E-state index in [2.05, 4.69) is 5.32 Å². The van der Waals surface area contributed by atoms with Crippen LogP contribution in [0.5, 0.6) is 5.75 Å². The molecule has 1 aromatic rings. The fourth-order valence-corrected chi connectivity index (χ4v) is 3.37. The van der Waals surface area contributed by atoms with Gasteiger partial charge in [-0.15, -0.1) is 0 Å². The van der Waals surface area contributed by atoms with Crippen LogP contribution in [0.25, 0.3) is 0 Å². The van der Waals surface area contributed by atoms with E-state index in [1.807, 2.05) is 0 Å². The Morgan fingerprint density at radius 3 is 2.38 bits per heavy atom. The van der Waals surface area contributed by atoms with Crippen LogP contribution in [0.15, 0.2) is 17.2 Å². The first-order chi connectivity index (χ1) is 11.5. The van der Waals surface area contributed by atoms with Crippen LogP contribution in [0.1, 0.15) is 25.7 Å². The van der Waals surface area contributed by atoms with Crippen LogP contribution in [0.3, 0.4) is 0 Å². The number of rotatable bonds is 1. The largest absolute Gasteiger partial charge is 0.481 e. The molecule has 1 aromatic carbocycles. The highest BCUT2D eigenvalue weighted by atomic mass is 19.1. The number of carbonyl (C=O) groups is 3. The summed E-state index contributed by atoms with van der Waals surface area (Å²) in [6, 6.07) is 1.03. The number of carbonyl (C=O) groups excluding carboxylic acids is 3. The summed E-state index contributed by atoms with van der Waals surface area (Å²) in [4.78, 5) is 37.5. The number of fused-ring (bicyclic) bond motifs is 1. The summed E-state index contributed by atoms with van der Waals surface area (Å²) in [6.07, 6.45) is 2.64. The zero-order valence-corrected chi connectivity index (χ0v) is 12.6. The summed E-state index contributed by atoms with van der Waals surface area (Å²) in [6.45, 7) is -0.247. The number of anilines is 3. The van der Waals surface area contributed by atoms with Gasteiger partial charge in [-0.1, -0.05) is 0 Å². The minimum atomic E-state index is -0.844. The number of nitrogens with one attached hydrogen (secondary N) is 1. The van der Waals surface area contributed by atoms with Crippen molar-refractivity contribution < 1.29 is 23.5 Å². The van der Waals surface area contributed by atoms with E-state index in [4.69, 9.17) is 10.5 Å². The summed E-state index contributed by atoms with van der Waals surface area (Å²) in [5, 5.41) is 2.49. The minimum Gasteiger partial charge on any atom is -0.481 e. The van der Waals surface area contributed by atoms with E-state index in [1.165, 1.54) is 0 Å². The third-order valence-corrected chi connectivity index (χ3v) is 4.49. The molecule has 0 atom stereocenters. The van der Waals surface area contributed by atoms with Crippen molar-refractivity contribution in [3.63, 3.8) is 0 Å². The van der Waals surface area contributed by atoms with Crippen molar-refractivity contribution in [3.8, 4) is 5.75 Å². The lowest BCUT2D eigenvalue weighted by atomic mass is 9.93. The predicted molar refractivity (Wildman–Crippen MR) is 82.9 cm³/mol. The fraction of sp³-hybridized carbons (Fsp3) is 0.312. The van der Waals surface area contributed by atoms with E-state index in [9.17, 15) is 18.8 Å². The molecule has 0 saturated carbocycles. The van der Waals surface area contributed by atoms with E-state index in [0.717, 1.165) is 23.8 Å². The Labute approximate surface area is 136 Å². The number of hydrogen-bond donors (Lipinski definition) is 2. The van der Waals surface area contributed by atoms with Gasteiger partial charge in [-0.3, -0.25) is 14.4 Å². The maximum absolute atomic E-state index is 14.6. The molecular weight excluding hydrogens is 317 g/mol. The first-order valence-electron chi connectivity index (χ1n) is 7.64. The molecule has 0 spiro atoms. The van der Waals surface area contributed by atoms with Gasteiger partial charge in [0.1, 0.15) is 17.1 Å². The van der Waals surface area contributed by atoms with Crippen LogP contribution >= 0.6 is 0 Å². The Morgan fingerprint density at radius 2 is 1.75 bits per heavy atom. The van der Waals surface area contributed by atoms with Crippen LogP contribution in [-0.2, 0) is 14.4 Å². The highest BCUT2D eigenvalue weighted by Crippen LogP contribution is 2.45. The van der Waals surface area contributed by atoms with Gasteiger partial charge in [-0.2, -0.15) is 0 Å². The molecule has 0 radical (unpaired) electrons. The first-order valence-corrected chi connectivity index (χ1v) is 7.64. The van der Waals surface area contributed by atoms with Crippen molar-refractivity contribution in [3.05, 3.63) is 23.0 Å². The topological polar surface area (TPSA) is 102 Å². The van der Waals surface area contributed by atoms with Gasteiger partial charge >= 0.3 is 0 Å². The van der Waals surface area contributed by atoms with Crippen LogP contribution in [0.4, 0.5) is 21.5 Å². The lowest BCUT2D eigenvalue weighted by Gasteiger charge is -2.24. The number of amides is 3. The molecule has 0 saturated heterocycles. The standard InChI is InChI=1S/C16H14FN3O4/c17-9-5-10-13(19-11(21)6-24-10)12(18)14(9)20-15(22)7-3-1-2-4-8(7)16(20)23/h5H,1-4,6,18H2,(H,19,21). The molecule has 2 aliphatic heterocycles. The summed E-state index contributed by atoms with van der Waals surface area (Å²) >= 11 is 0. The van der Waals surface area contributed by atoms with Gasteiger partial charge in [0.25, 0.3) is 17.7 Å². The molecule has 3 N–H and O–H groups in total. The number of benzene rings is 1. The van der Waals surface area contributed by atoms with Gasteiger partial charge in [0.2, 0.25) is 0 Å². The van der Waals surface area contributed by atoms with E-state index in [-0.39, 0.29) is 29.4 Å². The predicted octanol–water partition coefficient (Wildman–Crippen LogP) is 1.48. The molecule has 0 fully saturated rings. The number of imide groups is 1. The van der Waals surface area contributed by atoms with Crippen LogP contribution < -0.4 is 20.7 Å².